The summed E-state index contributed by atoms with van der Waals surface area (Å²) in [6.07, 6.45) is 1.03. The van der Waals surface area contributed by atoms with Crippen LogP contribution in [0.2, 0.25) is 0 Å². The molecule has 24 heavy (non-hydrogen) atoms. The normalized spacial score (nSPS) is 22.1. The summed E-state index contributed by atoms with van der Waals surface area (Å²) in [4.78, 5) is 16.4. The number of benzene rings is 1. The highest BCUT2D eigenvalue weighted by atomic mass is 16.2. The quantitative estimate of drug-likeness (QED) is 0.864. The average molecular weight is 324 g/mol. The van der Waals surface area contributed by atoms with Gasteiger partial charge in [0.05, 0.1) is 12.2 Å². The molecule has 2 aromatic rings. The van der Waals surface area contributed by atoms with Crippen molar-refractivity contribution >= 4 is 5.91 Å². The van der Waals surface area contributed by atoms with Crippen LogP contribution >= 0.6 is 0 Å². The molecule has 0 spiro atoms. The first-order valence-electron chi connectivity index (χ1n) is 8.58. The standard InChI is InChI=1S/C19H24N4O/c1-21(2)12-17(24)23-10-14-9-16-18(15(14)11-23)19(20-22(16)3)13-7-5-4-6-8-13/h4-8,14-15H,9-12H2,1-3H3/t14-,15-/m0/s1. The van der Waals surface area contributed by atoms with E-state index in [1.165, 1.54) is 16.8 Å². The number of likely N-dealkylation sites (tertiary alicyclic amines) is 1. The predicted octanol–water partition coefficient (Wildman–Crippen LogP) is 1.75. The fourth-order valence-corrected chi connectivity index (χ4v) is 4.24. The highest BCUT2D eigenvalue weighted by Crippen LogP contribution is 2.46. The van der Waals surface area contributed by atoms with E-state index in [2.05, 4.69) is 24.3 Å². The molecule has 0 N–H and O–H groups in total. The number of aromatic nitrogens is 2. The van der Waals surface area contributed by atoms with Gasteiger partial charge in [-0.1, -0.05) is 30.3 Å². The zero-order valence-electron chi connectivity index (χ0n) is 14.6. The average Bonchev–Trinajstić information content (AvgIpc) is 3.18. The summed E-state index contributed by atoms with van der Waals surface area (Å²) in [5.41, 5.74) is 4.99. The van der Waals surface area contributed by atoms with Crippen LogP contribution in [-0.2, 0) is 18.3 Å². The van der Waals surface area contributed by atoms with Crippen LogP contribution in [0.4, 0.5) is 0 Å². The molecule has 4 rings (SSSR count). The van der Waals surface area contributed by atoms with Gasteiger partial charge in [0.2, 0.25) is 5.91 Å². The first-order valence-corrected chi connectivity index (χ1v) is 8.58. The van der Waals surface area contributed by atoms with Gasteiger partial charge in [0.1, 0.15) is 0 Å². The fraction of sp³-hybridized carbons (Fsp3) is 0.474. The van der Waals surface area contributed by atoms with Crippen LogP contribution < -0.4 is 0 Å². The number of hydrogen-bond acceptors (Lipinski definition) is 3. The summed E-state index contributed by atoms with van der Waals surface area (Å²) in [5.74, 6) is 1.20. The topological polar surface area (TPSA) is 41.4 Å². The van der Waals surface area contributed by atoms with Crippen molar-refractivity contribution in [3.05, 3.63) is 41.6 Å². The SMILES string of the molecule is CN(C)CC(=O)N1C[C@@H]2Cc3c(c(-c4ccccc4)nn3C)[C@H]2C1. The molecule has 1 amide bonds. The van der Waals surface area contributed by atoms with Crippen LogP contribution in [-0.4, -0.2) is 59.2 Å². The van der Waals surface area contributed by atoms with E-state index < -0.39 is 0 Å². The van der Waals surface area contributed by atoms with Gasteiger partial charge in [-0.15, -0.1) is 0 Å². The van der Waals surface area contributed by atoms with Crippen molar-refractivity contribution in [2.45, 2.75) is 12.3 Å². The molecule has 2 aliphatic rings. The van der Waals surface area contributed by atoms with Crippen molar-refractivity contribution < 1.29 is 4.79 Å². The predicted molar refractivity (Wildman–Crippen MR) is 93.7 cm³/mol. The maximum absolute atomic E-state index is 12.4. The van der Waals surface area contributed by atoms with Gasteiger partial charge in [-0.05, 0) is 26.4 Å². The Morgan fingerprint density at radius 2 is 2.00 bits per heavy atom. The fourth-order valence-electron chi connectivity index (χ4n) is 4.24. The Morgan fingerprint density at radius 1 is 1.25 bits per heavy atom. The minimum atomic E-state index is 0.237. The number of carbonyl (C=O) groups is 1. The molecule has 0 saturated carbocycles. The van der Waals surface area contributed by atoms with Gasteiger partial charge in [-0.25, -0.2) is 0 Å². The minimum Gasteiger partial charge on any atom is -0.341 e. The summed E-state index contributed by atoms with van der Waals surface area (Å²) in [5, 5.41) is 4.79. The van der Waals surface area contributed by atoms with Gasteiger partial charge in [-0.2, -0.15) is 5.10 Å². The molecule has 2 atom stereocenters. The van der Waals surface area contributed by atoms with Crippen LogP contribution in [0.1, 0.15) is 17.2 Å². The van der Waals surface area contributed by atoms with Crippen molar-refractivity contribution in [1.29, 1.82) is 0 Å². The molecule has 126 valence electrons. The van der Waals surface area contributed by atoms with E-state index in [0.29, 0.717) is 18.4 Å². The molecule has 1 fully saturated rings. The largest absolute Gasteiger partial charge is 0.341 e. The Morgan fingerprint density at radius 3 is 2.71 bits per heavy atom. The van der Waals surface area contributed by atoms with Crippen molar-refractivity contribution in [1.82, 2.24) is 19.6 Å². The van der Waals surface area contributed by atoms with E-state index in [4.69, 9.17) is 5.10 Å². The van der Waals surface area contributed by atoms with Crippen LogP contribution in [0.25, 0.3) is 11.3 Å². The van der Waals surface area contributed by atoms with E-state index in [9.17, 15) is 4.79 Å². The number of amides is 1. The third-order valence-electron chi connectivity index (χ3n) is 5.33. The van der Waals surface area contributed by atoms with Crippen molar-refractivity contribution in [2.75, 3.05) is 33.7 Å². The summed E-state index contributed by atoms with van der Waals surface area (Å²) >= 11 is 0. The molecule has 1 aromatic heterocycles. The lowest BCUT2D eigenvalue weighted by molar-refractivity contribution is -0.130. The summed E-state index contributed by atoms with van der Waals surface area (Å²) in [6, 6.07) is 10.4. The Balaban J connectivity index is 1.64. The van der Waals surface area contributed by atoms with E-state index >= 15 is 0 Å². The number of likely N-dealkylation sites (N-methyl/N-ethyl adjacent to an activating group) is 1. The number of rotatable bonds is 3. The molecule has 0 radical (unpaired) electrons. The molecule has 0 bridgehead atoms. The zero-order chi connectivity index (χ0) is 16.8. The van der Waals surface area contributed by atoms with Crippen molar-refractivity contribution in [2.24, 2.45) is 13.0 Å². The molecular formula is C19H24N4O. The lowest BCUT2D eigenvalue weighted by Gasteiger charge is -2.19. The van der Waals surface area contributed by atoms with Crippen LogP contribution in [0.5, 0.6) is 0 Å². The summed E-state index contributed by atoms with van der Waals surface area (Å²) < 4.78 is 2.04. The molecular weight excluding hydrogens is 300 g/mol. The Hall–Kier alpha value is -2.14. The van der Waals surface area contributed by atoms with Gasteiger partial charge in [0.15, 0.2) is 0 Å². The van der Waals surface area contributed by atoms with Gasteiger partial charge >= 0.3 is 0 Å². The second-order valence-corrected chi connectivity index (χ2v) is 7.31. The maximum atomic E-state index is 12.4. The number of hydrogen-bond donors (Lipinski definition) is 0. The van der Waals surface area contributed by atoms with E-state index in [1.807, 2.05) is 41.7 Å². The first-order chi connectivity index (χ1) is 11.5. The molecule has 2 heterocycles. The van der Waals surface area contributed by atoms with Crippen molar-refractivity contribution in [3.63, 3.8) is 0 Å². The number of carbonyl (C=O) groups excluding carboxylic acids is 1. The molecule has 0 unspecified atom stereocenters. The van der Waals surface area contributed by atoms with E-state index in [0.717, 1.165) is 25.2 Å². The third kappa shape index (κ3) is 2.44. The van der Waals surface area contributed by atoms with Gasteiger partial charge in [0, 0.05) is 42.9 Å². The summed E-state index contributed by atoms with van der Waals surface area (Å²) in [7, 11) is 5.93. The molecule has 1 aliphatic heterocycles. The zero-order valence-corrected chi connectivity index (χ0v) is 14.6. The highest BCUT2D eigenvalue weighted by molar-refractivity contribution is 5.79. The van der Waals surface area contributed by atoms with Gasteiger partial charge in [0.25, 0.3) is 0 Å². The van der Waals surface area contributed by atoms with Crippen LogP contribution in [0, 0.1) is 5.92 Å². The Labute approximate surface area is 142 Å². The maximum Gasteiger partial charge on any atom is 0.236 e. The monoisotopic (exact) mass is 324 g/mol. The second-order valence-electron chi connectivity index (χ2n) is 7.31. The lowest BCUT2D eigenvalue weighted by atomic mass is 9.94. The minimum absolute atomic E-state index is 0.237. The van der Waals surface area contributed by atoms with Gasteiger partial charge in [-0.3, -0.25) is 9.48 Å². The molecule has 1 aliphatic carbocycles. The van der Waals surface area contributed by atoms with Gasteiger partial charge < -0.3 is 9.80 Å². The molecule has 1 aromatic carbocycles. The number of aryl methyl sites for hydroxylation is 1. The first kappa shape index (κ1) is 15.4. The van der Waals surface area contributed by atoms with Crippen molar-refractivity contribution in [3.8, 4) is 11.3 Å². The summed E-state index contributed by atoms with van der Waals surface area (Å²) in [6.45, 7) is 2.20. The third-order valence-corrected chi connectivity index (χ3v) is 5.33. The smallest absolute Gasteiger partial charge is 0.236 e. The Bertz CT molecular complexity index is 765. The Kier molecular flexibility index (Phi) is 3.68. The van der Waals surface area contributed by atoms with E-state index in [1.54, 1.807) is 0 Å². The number of fused-ring (bicyclic) bond motifs is 3. The lowest BCUT2D eigenvalue weighted by Crippen LogP contribution is -2.36. The van der Waals surface area contributed by atoms with E-state index in [-0.39, 0.29) is 5.91 Å². The molecule has 1 saturated heterocycles. The molecule has 5 nitrogen and oxygen atoms in total. The highest BCUT2D eigenvalue weighted by Gasteiger charge is 2.44. The number of nitrogens with zero attached hydrogens (tertiary/aromatic N) is 4. The van der Waals surface area contributed by atoms with Crippen LogP contribution in [0.15, 0.2) is 30.3 Å². The molecule has 5 heteroatoms. The second kappa shape index (κ2) is 5.74. The van der Waals surface area contributed by atoms with Crippen LogP contribution in [0.3, 0.4) is 0 Å².